The maximum absolute atomic E-state index is 13.2. The molecule has 2 N–H and O–H groups in total. The molecule has 2 atom stereocenters. The summed E-state index contributed by atoms with van der Waals surface area (Å²) in [6, 6.07) is 4.21. The fourth-order valence-corrected chi connectivity index (χ4v) is 1.92. The molecule has 2 unspecified atom stereocenters. The van der Waals surface area contributed by atoms with E-state index in [2.05, 4.69) is 10.1 Å². The summed E-state index contributed by atoms with van der Waals surface area (Å²) in [5.41, 5.74) is 1.11. The Morgan fingerprint density at radius 3 is 2.74 bits per heavy atom. The second-order valence-corrected chi connectivity index (χ2v) is 4.46. The van der Waals surface area contributed by atoms with Crippen molar-refractivity contribution in [1.29, 1.82) is 0 Å². The SMILES string of the molecule is CNC(CCC(=O)OC)C(O)c1ccc(F)c(C)c1. The summed E-state index contributed by atoms with van der Waals surface area (Å²) in [5, 5.41) is 13.2. The summed E-state index contributed by atoms with van der Waals surface area (Å²) < 4.78 is 17.8. The van der Waals surface area contributed by atoms with Gasteiger partial charge in [-0.2, -0.15) is 0 Å². The number of rotatable bonds is 6. The summed E-state index contributed by atoms with van der Waals surface area (Å²) >= 11 is 0. The van der Waals surface area contributed by atoms with Crippen LogP contribution in [0.3, 0.4) is 0 Å². The summed E-state index contributed by atoms with van der Waals surface area (Å²) in [6.07, 6.45) is -0.131. The van der Waals surface area contributed by atoms with Gasteiger partial charge in [-0.3, -0.25) is 4.79 Å². The van der Waals surface area contributed by atoms with Crippen LogP contribution >= 0.6 is 0 Å². The Hall–Kier alpha value is -1.46. The van der Waals surface area contributed by atoms with E-state index >= 15 is 0 Å². The van der Waals surface area contributed by atoms with Gasteiger partial charge in [0.25, 0.3) is 0 Å². The molecule has 0 aliphatic carbocycles. The van der Waals surface area contributed by atoms with Crippen molar-refractivity contribution < 1.29 is 19.0 Å². The Balaban J connectivity index is 2.74. The maximum atomic E-state index is 13.2. The van der Waals surface area contributed by atoms with Crippen LogP contribution in [-0.4, -0.2) is 31.3 Å². The lowest BCUT2D eigenvalue weighted by Gasteiger charge is -2.22. The minimum Gasteiger partial charge on any atom is -0.469 e. The lowest BCUT2D eigenvalue weighted by molar-refractivity contribution is -0.140. The summed E-state index contributed by atoms with van der Waals surface area (Å²) in [5.74, 6) is -0.616. The standard InChI is InChI=1S/C14H20FNO3/c1-9-8-10(4-5-11(9)15)14(18)12(16-2)6-7-13(17)19-3/h4-5,8,12,14,16,18H,6-7H2,1-3H3. The van der Waals surface area contributed by atoms with Crippen LogP contribution in [0.1, 0.15) is 30.1 Å². The number of nitrogens with one attached hydrogen (secondary N) is 1. The number of hydrogen-bond donors (Lipinski definition) is 2. The Morgan fingerprint density at radius 1 is 1.53 bits per heavy atom. The molecule has 1 rings (SSSR count). The van der Waals surface area contributed by atoms with E-state index < -0.39 is 6.10 Å². The molecule has 0 heterocycles. The first kappa shape index (κ1) is 15.6. The van der Waals surface area contributed by atoms with E-state index in [1.807, 2.05) is 0 Å². The van der Waals surface area contributed by atoms with E-state index in [0.717, 1.165) is 0 Å². The number of esters is 1. The Labute approximate surface area is 112 Å². The van der Waals surface area contributed by atoms with Crippen molar-refractivity contribution in [3.05, 3.63) is 35.1 Å². The second-order valence-electron chi connectivity index (χ2n) is 4.46. The molecule has 0 radical (unpaired) electrons. The van der Waals surface area contributed by atoms with Crippen molar-refractivity contribution in [3.8, 4) is 0 Å². The number of ether oxygens (including phenoxy) is 1. The average Bonchev–Trinajstić information content (AvgIpc) is 2.41. The first-order valence-corrected chi connectivity index (χ1v) is 6.17. The molecule has 0 aliphatic rings. The first-order chi connectivity index (χ1) is 8.99. The molecule has 1 aromatic rings. The van der Waals surface area contributed by atoms with Gasteiger partial charge in [-0.25, -0.2) is 4.39 Å². The Bertz CT molecular complexity index is 437. The highest BCUT2D eigenvalue weighted by Crippen LogP contribution is 2.22. The molecule has 19 heavy (non-hydrogen) atoms. The third kappa shape index (κ3) is 4.29. The topological polar surface area (TPSA) is 58.6 Å². The van der Waals surface area contributed by atoms with Gasteiger partial charge in [0.1, 0.15) is 5.82 Å². The monoisotopic (exact) mass is 269 g/mol. The second kappa shape index (κ2) is 7.21. The summed E-state index contributed by atoms with van der Waals surface area (Å²) in [4.78, 5) is 11.1. The van der Waals surface area contributed by atoms with Crippen LogP contribution in [0.5, 0.6) is 0 Å². The van der Waals surface area contributed by atoms with E-state index in [1.54, 1.807) is 26.1 Å². The van der Waals surface area contributed by atoms with Crippen LogP contribution < -0.4 is 5.32 Å². The van der Waals surface area contributed by atoms with Crippen LogP contribution in [0.25, 0.3) is 0 Å². The number of hydrogen-bond acceptors (Lipinski definition) is 4. The van der Waals surface area contributed by atoms with Gasteiger partial charge >= 0.3 is 5.97 Å². The molecule has 0 saturated heterocycles. The lowest BCUT2D eigenvalue weighted by Crippen LogP contribution is -2.32. The van der Waals surface area contributed by atoms with Crippen molar-refractivity contribution in [1.82, 2.24) is 5.32 Å². The van der Waals surface area contributed by atoms with Gasteiger partial charge < -0.3 is 15.2 Å². The van der Waals surface area contributed by atoms with E-state index in [0.29, 0.717) is 17.5 Å². The van der Waals surface area contributed by atoms with Crippen LogP contribution in [0.2, 0.25) is 0 Å². The molecule has 0 aliphatic heterocycles. The van der Waals surface area contributed by atoms with Gasteiger partial charge in [-0.1, -0.05) is 12.1 Å². The number of halogens is 1. The molecular formula is C14H20FNO3. The maximum Gasteiger partial charge on any atom is 0.305 e. The fraction of sp³-hybridized carbons (Fsp3) is 0.500. The number of aryl methyl sites for hydroxylation is 1. The molecule has 4 nitrogen and oxygen atoms in total. The molecule has 0 spiro atoms. The van der Waals surface area contributed by atoms with Crippen molar-refractivity contribution in [2.75, 3.05) is 14.2 Å². The lowest BCUT2D eigenvalue weighted by atomic mass is 9.97. The predicted octanol–water partition coefficient (Wildman–Crippen LogP) is 1.71. The molecule has 0 bridgehead atoms. The third-order valence-electron chi connectivity index (χ3n) is 3.16. The zero-order chi connectivity index (χ0) is 14.4. The predicted molar refractivity (Wildman–Crippen MR) is 70.2 cm³/mol. The molecule has 0 amide bonds. The number of aliphatic hydroxyl groups is 1. The number of likely N-dealkylation sites (N-methyl/N-ethyl adjacent to an activating group) is 1. The van der Waals surface area contributed by atoms with Crippen LogP contribution in [0.4, 0.5) is 4.39 Å². The summed E-state index contributed by atoms with van der Waals surface area (Å²) in [7, 11) is 3.04. The number of aliphatic hydroxyl groups excluding tert-OH is 1. The van der Waals surface area contributed by atoms with Gasteiger partial charge in [0.15, 0.2) is 0 Å². The number of carbonyl (C=O) groups is 1. The fourth-order valence-electron chi connectivity index (χ4n) is 1.92. The van der Waals surface area contributed by atoms with Gasteiger partial charge in [0.2, 0.25) is 0 Å². The van der Waals surface area contributed by atoms with Gasteiger partial charge in [0, 0.05) is 12.5 Å². The van der Waals surface area contributed by atoms with Gasteiger partial charge in [0.05, 0.1) is 13.2 Å². The van der Waals surface area contributed by atoms with E-state index in [1.165, 1.54) is 13.2 Å². The number of benzene rings is 1. The highest BCUT2D eigenvalue weighted by Gasteiger charge is 2.21. The zero-order valence-electron chi connectivity index (χ0n) is 11.4. The molecular weight excluding hydrogens is 249 g/mol. The molecule has 0 saturated carbocycles. The molecule has 106 valence electrons. The normalized spacial score (nSPS) is 13.9. The van der Waals surface area contributed by atoms with Crippen molar-refractivity contribution in [3.63, 3.8) is 0 Å². The molecule has 0 aromatic heterocycles. The smallest absolute Gasteiger partial charge is 0.305 e. The number of carbonyl (C=O) groups excluding carboxylic acids is 1. The van der Waals surface area contributed by atoms with Crippen LogP contribution in [0, 0.1) is 12.7 Å². The Kier molecular flexibility index (Phi) is 5.92. The van der Waals surface area contributed by atoms with Crippen LogP contribution in [-0.2, 0) is 9.53 Å². The van der Waals surface area contributed by atoms with Crippen LogP contribution in [0.15, 0.2) is 18.2 Å². The van der Waals surface area contributed by atoms with Gasteiger partial charge in [-0.05, 0) is 37.6 Å². The number of methoxy groups -OCH3 is 1. The minimum atomic E-state index is -0.797. The van der Waals surface area contributed by atoms with E-state index in [4.69, 9.17) is 0 Å². The third-order valence-corrected chi connectivity index (χ3v) is 3.16. The van der Waals surface area contributed by atoms with E-state index in [9.17, 15) is 14.3 Å². The first-order valence-electron chi connectivity index (χ1n) is 6.17. The van der Waals surface area contributed by atoms with Crippen molar-refractivity contribution >= 4 is 5.97 Å². The van der Waals surface area contributed by atoms with E-state index in [-0.39, 0.29) is 24.2 Å². The largest absolute Gasteiger partial charge is 0.469 e. The molecule has 0 fully saturated rings. The Morgan fingerprint density at radius 2 is 2.21 bits per heavy atom. The highest BCUT2D eigenvalue weighted by atomic mass is 19.1. The highest BCUT2D eigenvalue weighted by molar-refractivity contribution is 5.69. The molecule has 5 heteroatoms. The van der Waals surface area contributed by atoms with Crippen molar-refractivity contribution in [2.45, 2.75) is 31.9 Å². The molecule has 1 aromatic carbocycles. The van der Waals surface area contributed by atoms with Gasteiger partial charge in [-0.15, -0.1) is 0 Å². The summed E-state index contributed by atoms with van der Waals surface area (Å²) in [6.45, 7) is 1.65. The zero-order valence-corrected chi connectivity index (χ0v) is 11.4. The minimum absolute atomic E-state index is 0.221. The average molecular weight is 269 g/mol. The quantitative estimate of drug-likeness (QED) is 0.772. The van der Waals surface area contributed by atoms with Crippen molar-refractivity contribution in [2.24, 2.45) is 0 Å².